The summed E-state index contributed by atoms with van der Waals surface area (Å²) in [6, 6.07) is 11.0. The third kappa shape index (κ3) is 3.06. The average molecular weight is 380 g/mol. The van der Waals surface area contributed by atoms with E-state index in [9.17, 15) is 9.59 Å². The Morgan fingerprint density at radius 2 is 1.93 bits per heavy atom. The van der Waals surface area contributed by atoms with Crippen LogP contribution in [0.2, 0.25) is 0 Å². The molecule has 4 aromatic rings. The molecule has 3 aromatic heterocycles. The van der Waals surface area contributed by atoms with Gasteiger partial charge in [0.15, 0.2) is 0 Å². The molecule has 0 spiro atoms. The second-order valence-corrected chi connectivity index (χ2v) is 7.53. The second-order valence-electron chi connectivity index (χ2n) is 6.33. The van der Waals surface area contributed by atoms with Gasteiger partial charge in [-0.05, 0) is 31.5 Å². The molecule has 136 valence electrons. The lowest BCUT2D eigenvalue weighted by Crippen LogP contribution is -2.20. The van der Waals surface area contributed by atoms with Crippen LogP contribution in [-0.4, -0.2) is 20.6 Å². The number of thiophene rings is 1. The lowest BCUT2D eigenvalue weighted by Gasteiger charge is -2.05. The van der Waals surface area contributed by atoms with Gasteiger partial charge in [-0.25, -0.2) is 9.78 Å². The molecule has 6 nitrogen and oxygen atoms in total. The van der Waals surface area contributed by atoms with Crippen molar-refractivity contribution in [2.75, 3.05) is 0 Å². The van der Waals surface area contributed by atoms with Gasteiger partial charge in [0.1, 0.15) is 10.6 Å². The highest BCUT2D eigenvalue weighted by Crippen LogP contribution is 2.35. The van der Waals surface area contributed by atoms with E-state index < -0.39 is 5.97 Å². The number of aromatic nitrogens is 2. The zero-order chi connectivity index (χ0) is 19.1. The summed E-state index contributed by atoms with van der Waals surface area (Å²) in [7, 11) is 0. The van der Waals surface area contributed by atoms with E-state index in [-0.39, 0.29) is 17.9 Å². The van der Waals surface area contributed by atoms with Crippen LogP contribution in [0, 0.1) is 13.8 Å². The van der Waals surface area contributed by atoms with Crippen molar-refractivity contribution in [1.82, 2.24) is 9.55 Å². The zero-order valence-corrected chi connectivity index (χ0v) is 15.5. The minimum absolute atomic E-state index is 0.122. The first-order valence-corrected chi connectivity index (χ1v) is 9.13. The minimum atomic E-state index is -1.14. The van der Waals surface area contributed by atoms with Crippen LogP contribution in [0.15, 0.2) is 51.9 Å². The quantitative estimate of drug-likeness (QED) is 0.576. The molecule has 0 aliphatic heterocycles. The van der Waals surface area contributed by atoms with Crippen molar-refractivity contribution in [2.45, 2.75) is 20.4 Å². The van der Waals surface area contributed by atoms with E-state index in [0.717, 1.165) is 21.6 Å². The number of carboxylic acids is 1. The molecule has 27 heavy (non-hydrogen) atoms. The number of carboxylic acid groups (broad SMARTS) is 1. The molecule has 0 atom stereocenters. The highest BCUT2D eigenvalue weighted by Gasteiger charge is 2.18. The Hall–Kier alpha value is -3.19. The van der Waals surface area contributed by atoms with Crippen LogP contribution in [0.25, 0.3) is 21.3 Å². The maximum absolute atomic E-state index is 13.1. The fourth-order valence-corrected chi connectivity index (χ4v) is 4.07. The molecule has 0 aliphatic carbocycles. The second kappa shape index (κ2) is 6.51. The third-order valence-electron chi connectivity index (χ3n) is 4.39. The topological polar surface area (TPSA) is 85.3 Å². The third-order valence-corrected chi connectivity index (χ3v) is 5.41. The summed E-state index contributed by atoms with van der Waals surface area (Å²) in [6.07, 6.45) is 1.47. The standard InChI is InChI=1S/C20H16N2O4S/c1-11-3-5-13(6-4-11)16-12(2)27-18-17(16)19(23)22(10-21-18)9-14-7-8-15(26-14)20(24)25/h3-8,10H,9H2,1-2H3,(H,24,25). The molecule has 0 unspecified atom stereocenters. The monoisotopic (exact) mass is 380 g/mol. The molecule has 0 fully saturated rings. The smallest absolute Gasteiger partial charge is 0.371 e. The first kappa shape index (κ1) is 17.2. The Morgan fingerprint density at radius 3 is 2.59 bits per heavy atom. The first-order chi connectivity index (χ1) is 12.9. The predicted octanol–water partition coefficient (Wildman–Crippen LogP) is 4.08. The van der Waals surface area contributed by atoms with Crippen LogP contribution >= 0.6 is 11.3 Å². The van der Waals surface area contributed by atoms with E-state index in [1.807, 2.05) is 38.1 Å². The Labute approximate surface area is 158 Å². The highest BCUT2D eigenvalue weighted by atomic mass is 32.1. The molecule has 0 saturated carbocycles. The van der Waals surface area contributed by atoms with Crippen LogP contribution in [-0.2, 0) is 6.54 Å². The highest BCUT2D eigenvalue weighted by molar-refractivity contribution is 7.19. The number of hydrogen-bond donors (Lipinski definition) is 1. The number of benzene rings is 1. The Bertz CT molecular complexity index is 1220. The molecule has 1 N–H and O–H groups in total. The van der Waals surface area contributed by atoms with E-state index >= 15 is 0 Å². The van der Waals surface area contributed by atoms with Gasteiger partial charge in [0.2, 0.25) is 5.76 Å². The van der Waals surface area contributed by atoms with Crippen molar-refractivity contribution < 1.29 is 14.3 Å². The zero-order valence-electron chi connectivity index (χ0n) is 14.7. The number of rotatable bonds is 4. The number of aromatic carboxylic acids is 1. The van der Waals surface area contributed by atoms with Crippen molar-refractivity contribution in [3.8, 4) is 11.1 Å². The van der Waals surface area contributed by atoms with E-state index in [1.165, 1.54) is 28.3 Å². The fraction of sp³-hybridized carbons (Fsp3) is 0.150. The molecule has 0 saturated heterocycles. The van der Waals surface area contributed by atoms with Crippen molar-refractivity contribution in [3.05, 3.63) is 75.0 Å². The summed E-state index contributed by atoms with van der Waals surface area (Å²) in [5.74, 6) is -0.907. The molecule has 0 radical (unpaired) electrons. The largest absolute Gasteiger partial charge is 0.475 e. The van der Waals surface area contributed by atoms with Gasteiger partial charge in [-0.15, -0.1) is 11.3 Å². The summed E-state index contributed by atoms with van der Waals surface area (Å²) in [6.45, 7) is 4.12. The van der Waals surface area contributed by atoms with Crippen molar-refractivity contribution in [2.24, 2.45) is 0 Å². The molecular formula is C20H16N2O4S. The molecule has 3 heterocycles. The molecule has 7 heteroatoms. The van der Waals surface area contributed by atoms with Gasteiger partial charge >= 0.3 is 5.97 Å². The Balaban J connectivity index is 1.83. The molecule has 4 rings (SSSR count). The van der Waals surface area contributed by atoms with E-state index in [2.05, 4.69) is 4.98 Å². The minimum Gasteiger partial charge on any atom is -0.475 e. The summed E-state index contributed by atoms with van der Waals surface area (Å²) in [4.78, 5) is 30.2. The number of aryl methyl sites for hydroxylation is 2. The van der Waals surface area contributed by atoms with Crippen LogP contribution < -0.4 is 5.56 Å². The van der Waals surface area contributed by atoms with Crippen molar-refractivity contribution >= 4 is 27.5 Å². The average Bonchev–Trinajstić information content (AvgIpc) is 3.23. The molecule has 0 aliphatic rings. The van der Waals surface area contributed by atoms with Crippen LogP contribution in [0.4, 0.5) is 0 Å². The molecule has 0 amide bonds. The molecular weight excluding hydrogens is 364 g/mol. The van der Waals surface area contributed by atoms with Gasteiger partial charge in [-0.2, -0.15) is 0 Å². The lowest BCUT2D eigenvalue weighted by atomic mass is 10.0. The number of nitrogens with zero attached hydrogens (tertiary/aromatic N) is 2. The van der Waals surface area contributed by atoms with Gasteiger partial charge in [-0.3, -0.25) is 9.36 Å². The molecule has 1 aromatic carbocycles. The SMILES string of the molecule is Cc1ccc(-c2c(C)sc3ncn(Cc4ccc(C(=O)O)o4)c(=O)c23)cc1. The first-order valence-electron chi connectivity index (χ1n) is 8.31. The van der Waals surface area contributed by atoms with E-state index in [0.29, 0.717) is 16.0 Å². The summed E-state index contributed by atoms with van der Waals surface area (Å²) in [5.41, 5.74) is 2.85. The maximum atomic E-state index is 13.1. The van der Waals surface area contributed by atoms with Crippen LogP contribution in [0.1, 0.15) is 26.8 Å². The van der Waals surface area contributed by atoms with Gasteiger partial charge in [0.25, 0.3) is 5.56 Å². The Morgan fingerprint density at radius 1 is 1.19 bits per heavy atom. The summed E-state index contributed by atoms with van der Waals surface area (Å²) >= 11 is 1.49. The van der Waals surface area contributed by atoms with Crippen molar-refractivity contribution in [3.63, 3.8) is 0 Å². The summed E-state index contributed by atoms with van der Waals surface area (Å²) < 4.78 is 6.71. The number of hydrogen-bond acceptors (Lipinski definition) is 5. The predicted molar refractivity (Wildman–Crippen MR) is 104 cm³/mol. The maximum Gasteiger partial charge on any atom is 0.371 e. The van der Waals surface area contributed by atoms with E-state index in [4.69, 9.17) is 9.52 Å². The molecule has 0 bridgehead atoms. The van der Waals surface area contributed by atoms with E-state index in [1.54, 1.807) is 6.07 Å². The lowest BCUT2D eigenvalue weighted by molar-refractivity contribution is 0.0660. The summed E-state index contributed by atoms with van der Waals surface area (Å²) in [5, 5.41) is 9.55. The van der Waals surface area contributed by atoms with Crippen LogP contribution in [0.3, 0.4) is 0 Å². The van der Waals surface area contributed by atoms with Gasteiger partial charge in [0, 0.05) is 10.4 Å². The number of fused-ring (bicyclic) bond motifs is 1. The number of furan rings is 1. The van der Waals surface area contributed by atoms with Gasteiger partial charge in [-0.1, -0.05) is 29.8 Å². The van der Waals surface area contributed by atoms with Gasteiger partial charge in [0.05, 0.1) is 18.3 Å². The van der Waals surface area contributed by atoms with Crippen LogP contribution in [0.5, 0.6) is 0 Å². The van der Waals surface area contributed by atoms with Gasteiger partial charge < -0.3 is 9.52 Å². The normalized spacial score (nSPS) is 11.2. The van der Waals surface area contributed by atoms with Crippen molar-refractivity contribution in [1.29, 1.82) is 0 Å². The Kier molecular flexibility index (Phi) is 4.16. The fourth-order valence-electron chi connectivity index (χ4n) is 3.06. The number of carbonyl (C=O) groups is 1.